The van der Waals surface area contributed by atoms with Gasteiger partial charge in [-0.15, -0.1) is 0 Å². The molecule has 2 heterocycles. The summed E-state index contributed by atoms with van der Waals surface area (Å²) < 4.78 is 27.3. The van der Waals surface area contributed by atoms with Gasteiger partial charge in [-0.2, -0.15) is 4.31 Å². The number of piperidine rings is 1. The lowest BCUT2D eigenvalue weighted by molar-refractivity contribution is -0.142. The van der Waals surface area contributed by atoms with Crippen molar-refractivity contribution in [2.24, 2.45) is 5.92 Å². The summed E-state index contributed by atoms with van der Waals surface area (Å²) in [6, 6.07) is 16.1. The zero-order valence-corrected chi connectivity index (χ0v) is 19.8. The van der Waals surface area contributed by atoms with Crippen LogP contribution < -0.4 is 5.32 Å². The zero-order valence-electron chi connectivity index (χ0n) is 18.9. The molecule has 0 radical (unpaired) electrons. The minimum Gasteiger partial charge on any atom is -0.350 e. The molecule has 1 atom stereocenters. The molecule has 0 spiro atoms. The van der Waals surface area contributed by atoms with Crippen LogP contribution in [0.1, 0.15) is 36.8 Å². The number of likely N-dealkylation sites (tertiary alicyclic amines) is 1. The molecule has 2 aliphatic heterocycles. The van der Waals surface area contributed by atoms with Gasteiger partial charge < -0.3 is 10.2 Å². The number of benzene rings is 2. The Morgan fingerprint density at radius 2 is 1.61 bits per heavy atom. The monoisotopic (exact) mass is 469 g/mol. The van der Waals surface area contributed by atoms with E-state index in [2.05, 4.69) is 5.32 Å². The Kier molecular flexibility index (Phi) is 7.14. The molecular weight excluding hydrogens is 438 g/mol. The first-order valence-electron chi connectivity index (χ1n) is 11.6. The van der Waals surface area contributed by atoms with E-state index in [0.717, 1.165) is 17.5 Å². The van der Waals surface area contributed by atoms with Crippen molar-refractivity contribution in [1.82, 2.24) is 14.5 Å². The molecule has 0 unspecified atom stereocenters. The van der Waals surface area contributed by atoms with Crippen LogP contribution in [-0.4, -0.2) is 55.1 Å². The van der Waals surface area contributed by atoms with Crippen LogP contribution in [0.3, 0.4) is 0 Å². The fourth-order valence-electron chi connectivity index (χ4n) is 4.64. The molecule has 0 aromatic heterocycles. The number of nitrogens with one attached hydrogen (secondary N) is 1. The van der Waals surface area contributed by atoms with Crippen LogP contribution in [-0.2, 0) is 26.2 Å². The Labute approximate surface area is 195 Å². The molecule has 2 saturated heterocycles. The normalized spacial score (nSPS) is 20.0. The second kappa shape index (κ2) is 10.1. The zero-order chi connectivity index (χ0) is 23.4. The third kappa shape index (κ3) is 5.28. The first-order valence-corrected chi connectivity index (χ1v) is 13.0. The summed E-state index contributed by atoms with van der Waals surface area (Å²) in [7, 11) is -3.56. The quantitative estimate of drug-likeness (QED) is 0.705. The molecule has 33 heavy (non-hydrogen) atoms. The topological polar surface area (TPSA) is 86.8 Å². The number of nitrogens with zero attached hydrogens (tertiary/aromatic N) is 2. The number of amides is 2. The van der Waals surface area contributed by atoms with E-state index >= 15 is 0 Å². The van der Waals surface area contributed by atoms with E-state index < -0.39 is 16.1 Å². The highest BCUT2D eigenvalue weighted by Gasteiger charge is 2.39. The van der Waals surface area contributed by atoms with Crippen molar-refractivity contribution in [3.05, 3.63) is 65.7 Å². The maximum Gasteiger partial charge on any atom is 0.243 e. The SMILES string of the molecule is Cc1ccc(S(=O)(=O)N2CCC(C(=O)N3CCC[C@@H]3C(=O)NCc3ccccc3)CC2)cc1. The Bertz CT molecular complexity index is 1080. The molecule has 176 valence electrons. The van der Waals surface area contributed by atoms with E-state index in [1.54, 1.807) is 29.2 Å². The van der Waals surface area contributed by atoms with Gasteiger partial charge in [-0.3, -0.25) is 9.59 Å². The highest BCUT2D eigenvalue weighted by Crippen LogP contribution is 2.28. The Hall–Kier alpha value is -2.71. The number of aryl methyl sites for hydroxylation is 1. The first kappa shape index (κ1) is 23.4. The van der Waals surface area contributed by atoms with Crippen molar-refractivity contribution < 1.29 is 18.0 Å². The Morgan fingerprint density at radius 1 is 0.939 bits per heavy atom. The maximum absolute atomic E-state index is 13.2. The van der Waals surface area contributed by atoms with E-state index in [1.165, 1.54) is 4.31 Å². The fraction of sp³-hybridized carbons (Fsp3) is 0.440. The van der Waals surface area contributed by atoms with E-state index in [-0.39, 0.29) is 22.6 Å². The highest BCUT2D eigenvalue weighted by atomic mass is 32.2. The van der Waals surface area contributed by atoms with Crippen molar-refractivity contribution in [3.63, 3.8) is 0 Å². The second-order valence-corrected chi connectivity index (χ2v) is 10.8. The smallest absolute Gasteiger partial charge is 0.243 e. The van der Waals surface area contributed by atoms with Gasteiger partial charge in [-0.1, -0.05) is 48.0 Å². The Morgan fingerprint density at radius 3 is 2.27 bits per heavy atom. The van der Waals surface area contributed by atoms with Gasteiger partial charge in [0, 0.05) is 32.1 Å². The molecule has 2 aliphatic rings. The van der Waals surface area contributed by atoms with Gasteiger partial charge in [0.25, 0.3) is 0 Å². The summed E-state index contributed by atoms with van der Waals surface area (Å²) in [6.45, 7) is 3.55. The second-order valence-electron chi connectivity index (χ2n) is 8.88. The summed E-state index contributed by atoms with van der Waals surface area (Å²) in [5, 5.41) is 2.96. The summed E-state index contributed by atoms with van der Waals surface area (Å²) in [4.78, 5) is 28.0. The van der Waals surface area contributed by atoms with Crippen molar-refractivity contribution >= 4 is 21.8 Å². The summed E-state index contributed by atoms with van der Waals surface area (Å²) in [5.74, 6) is -0.402. The van der Waals surface area contributed by atoms with E-state index in [9.17, 15) is 18.0 Å². The predicted molar refractivity (Wildman–Crippen MR) is 126 cm³/mol. The van der Waals surface area contributed by atoms with Crippen LogP contribution in [0.5, 0.6) is 0 Å². The number of sulfonamides is 1. The Balaban J connectivity index is 1.33. The molecule has 2 aromatic carbocycles. The van der Waals surface area contributed by atoms with Crippen molar-refractivity contribution in [2.75, 3.05) is 19.6 Å². The van der Waals surface area contributed by atoms with Crippen molar-refractivity contribution in [3.8, 4) is 0 Å². The lowest BCUT2D eigenvalue weighted by Gasteiger charge is -2.34. The lowest BCUT2D eigenvalue weighted by Crippen LogP contribution is -2.49. The van der Waals surface area contributed by atoms with Gasteiger partial charge in [0.05, 0.1) is 4.90 Å². The third-order valence-corrected chi connectivity index (χ3v) is 8.52. The highest BCUT2D eigenvalue weighted by molar-refractivity contribution is 7.89. The molecule has 2 aromatic rings. The van der Waals surface area contributed by atoms with E-state index in [4.69, 9.17) is 0 Å². The lowest BCUT2D eigenvalue weighted by atomic mass is 9.96. The average Bonchev–Trinajstić information content (AvgIpc) is 3.33. The summed E-state index contributed by atoms with van der Waals surface area (Å²) in [6.07, 6.45) is 2.40. The van der Waals surface area contributed by atoms with Gasteiger partial charge >= 0.3 is 0 Å². The predicted octanol–water partition coefficient (Wildman–Crippen LogP) is 2.70. The van der Waals surface area contributed by atoms with Crippen LogP contribution in [0.25, 0.3) is 0 Å². The minimum absolute atomic E-state index is 0.0280. The van der Waals surface area contributed by atoms with E-state index in [1.807, 2.05) is 37.3 Å². The number of hydrogen-bond acceptors (Lipinski definition) is 4. The fourth-order valence-corrected chi connectivity index (χ4v) is 6.11. The van der Waals surface area contributed by atoms with Crippen LogP contribution in [0, 0.1) is 12.8 Å². The van der Waals surface area contributed by atoms with Gasteiger partial charge in [0.15, 0.2) is 0 Å². The summed E-state index contributed by atoms with van der Waals surface area (Å²) in [5.41, 5.74) is 2.02. The van der Waals surface area contributed by atoms with Gasteiger partial charge in [-0.05, 0) is 50.3 Å². The van der Waals surface area contributed by atoms with Crippen LogP contribution in [0.4, 0.5) is 0 Å². The molecule has 0 saturated carbocycles. The molecule has 1 N–H and O–H groups in total. The number of carbonyl (C=O) groups excluding carboxylic acids is 2. The molecular formula is C25H31N3O4S. The first-order chi connectivity index (χ1) is 15.9. The van der Waals surface area contributed by atoms with Crippen molar-refractivity contribution in [1.29, 1.82) is 0 Å². The number of hydrogen-bond donors (Lipinski definition) is 1. The number of rotatable bonds is 6. The van der Waals surface area contributed by atoms with Crippen LogP contribution >= 0.6 is 0 Å². The molecule has 2 amide bonds. The van der Waals surface area contributed by atoms with E-state index in [0.29, 0.717) is 45.4 Å². The molecule has 4 rings (SSSR count). The number of carbonyl (C=O) groups is 2. The van der Waals surface area contributed by atoms with Gasteiger partial charge in [-0.25, -0.2) is 8.42 Å². The van der Waals surface area contributed by atoms with Crippen LogP contribution in [0.2, 0.25) is 0 Å². The molecule has 0 bridgehead atoms. The van der Waals surface area contributed by atoms with Crippen LogP contribution in [0.15, 0.2) is 59.5 Å². The molecule has 8 heteroatoms. The minimum atomic E-state index is -3.56. The largest absolute Gasteiger partial charge is 0.350 e. The maximum atomic E-state index is 13.2. The van der Waals surface area contributed by atoms with Crippen molar-refractivity contribution in [2.45, 2.75) is 50.1 Å². The summed E-state index contributed by atoms with van der Waals surface area (Å²) >= 11 is 0. The molecule has 2 fully saturated rings. The van der Waals surface area contributed by atoms with Gasteiger partial charge in [0.2, 0.25) is 21.8 Å². The van der Waals surface area contributed by atoms with Gasteiger partial charge in [0.1, 0.15) is 6.04 Å². The molecule has 7 nitrogen and oxygen atoms in total. The average molecular weight is 470 g/mol. The third-order valence-electron chi connectivity index (χ3n) is 6.61. The standard InChI is InChI=1S/C25H31N3O4S/c1-19-9-11-22(12-10-19)33(31,32)27-16-13-21(14-17-27)25(30)28-15-5-8-23(28)24(29)26-18-20-6-3-2-4-7-20/h2-4,6-7,9-12,21,23H,5,8,13-18H2,1H3,(H,26,29)/t23-/m1/s1. The molecule has 0 aliphatic carbocycles.